The van der Waals surface area contributed by atoms with Crippen molar-refractivity contribution in [3.05, 3.63) is 78.8 Å². The molecule has 4 N–H and O–H groups in total. The topological polar surface area (TPSA) is 116 Å². The number of amides is 1. The zero-order valence-corrected chi connectivity index (χ0v) is 20.5. The number of aromatic nitrogens is 4. The number of pyridine rings is 1. The maximum atomic E-state index is 13.9. The molecule has 5 rings (SSSR count). The molecule has 0 unspecified atom stereocenters. The van der Waals surface area contributed by atoms with Gasteiger partial charge in [0.2, 0.25) is 5.91 Å². The number of hydrogen-bond acceptors (Lipinski definition) is 6. The number of para-hydroxylation sites is 1. The number of aromatic hydroxyl groups is 1. The van der Waals surface area contributed by atoms with Gasteiger partial charge in [-0.05, 0) is 43.5 Å². The summed E-state index contributed by atoms with van der Waals surface area (Å²) in [7, 11) is 0. The predicted octanol–water partition coefficient (Wildman–Crippen LogP) is 4.49. The first kappa shape index (κ1) is 23.8. The summed E-state index contributed by atoms with van der Waals surface area (Å²) < 4.78 is 0. The van der Waals surface area contributed by atoms with Crippen LogP contribution in [0.4, 0.5) is 5.69 Å². The molecule has 0 radical (unpaired) electrons. The van der Waals surface area contributed by atoms with Gasteiger partial charge >= 0.3 is 0 Å². The first-order valence-corrected chi connectivity index (χ1v) is 12.5. The van der Waals surface area contributed by atoms with Crippen molar-refractivity contribution in [3.8, 4) is 5.75 Å². The Labute approximate surface area is 210 Å². The Hall–Kier alpha value is -3.94. The number of nitrogens with zero attached hydrogens (tertiary/aromatic N) is 3. The van der Waals surface area contributed by atoms with Crippen molar-refractivity contribution >= 4 is 22.5 Å². The van der Waals surface area contributed by atoms with E-state index < -0.39 is 5.54 Å². The smallest absolute Gasteiger partial charge is 0.245 e. The average Bonchev–Trinajstić information content (AvgIpc) is 3.31. The quantitative estimate of drug-likeness (QED) is 0.293. The Morgan fingerprint density at radius 3 is 2.61 bits per heavy atom. The molecule has 1 amide bonds. The van der Waals surface area contributed by atoms with Crippen molar-refractivity contribution in [1.29, 1.82) is 0 Å². The standard InChI is InChI=1S/C28H32N6O2/c1-27(34-21-15-29-19-30-16-21,13-20-14-31-24-8-4-3-7-23(20)24)26(36)33-18-28(11-5-2-6-12-28)25-10-9-22(35)17-32-25/h3-4,7-10,14-17,19,31,34-35H,2,5-6,11-13,18H2,1H3,(H,33,36)/t27-/m0/s1. The molecular weight excluding hydrogens is 452 g/mol. The van der Waals surface area contributed by atoms with E-state index in [0.29, 0.717) is 18.7 Å². The first-order valence-electron chi connectivity index (χ1n) is 12.5. The highest BCUT2D eigenvalue weighted by molar-refractivity contribution is 5.91. The van der Waals surface area contributed by atoms with Gasteiger partial charge in [0, 0.05) is 41.2 Å². The van der Waals surface area contributed by atoms with Crippen LogP contribution in [-0.2, 0) is 16.6 Å². The van der Waals surface area contributed by atoms with E-state index in [2.05, 4.69) is 36.6 Å². The summed E-state index contributed by atoms with van der Waals surface area (Å²) in [5.41, 5.74) is 2.50. The Balaban J connectivity index is 1.42. The molecule has 186 valence electrons. The van der Waals surface area contributed by atoms with E-state index in [4.69, 9.17) is 0 Å². The zero-order chi connectivity index (χ0) is 25.0. The highest BCUT2D eigenvalue weighted by Crippen LogP contribution is 2.38. The summed E-state index contributed by atoms with van der Waals surface area (Å²) in [6.45, 7) is 2.41. The lowest BCUT2D eigenvalue weighted by Gasteiger charge is -2.38. The predicted molar refractivity (Wildman–Crippen MR) is 140 cm³/mol. The van der Waals surface area contributed by atoms with Crippen molar-refractivity contribution in [1.82, 2.24) is 25.3 Å². The van der Waals surface area contributed by atoms with Crippen LogP contribution >= 0.6 is 0 Å². The SMILES string of the molecule is C[C@@](Cc1c[nH]c2ccccc12)(Nc1cncnc1)C(=O)NCC1(c2ccc(O)cn2)CCCCC1. The van der Waals surface area contributed by atoms with E-state index in [1.54, 1.807) is 18.5 Å². The molecule has 1 aromatic carbocycles. The van der Waals surface area contributed by atoms with Crippen LogP contribution in [-0.4, -0.2) is 43.0 Å². The number of carbonyl (C=O) groups excluding carboxylic acids is 1. The molecule has 1 aliphatic rings. The van der Waals surface area contributed by atoms with Crippen molar-refractivity contribution in [2.75, 3.05) is 11.9 Å². The molecule has 0 spiro atoms. The lowest BCUT2D eigenvalue weighted by molar-refractivity contribution is -0.125. The molecule has 36 heavy (non-hydrogen) atoms. The second-order valence-electron chi connectivity index (χ2n) is 10.0. The monoisotopic (exact) mass is 484 g/mol. The van der Waals surface area contributed by atoms with Gasteiger partial charge in [-0.3, -0.25) is 9.78 Å². The van der Waals surface area contributed by atoms with Crippen LogP contribution in [0.2, 0.25) is 0 Å². The van der Waals surface area contributed by atoms with Gasteiger partial charge in [-0.2, -0.15) is 0 Å². The fourth-order valence-corrected chi connectivity index (χ4v) is 5.42. The molecule has 8 nitrogen and oxygen atoms in total. The van der Waals surface area contributed by atoms with E-state index in [9.17, 15) is 9.90 Å². The third kappa shape index (κ3) is 4.89. The van der Waals surface area contributed by atoms with E-state index >= 15 is 0 Å². The summed E-state index contributed by atoms with van der Waals surface area (Å²) in [4.78, 5) is 30.0. The van der Waals surface area contributed by atoms with Crippen LogP contribution in [0.1, 0.15) is 50.3 Å². The molecule has 1 aliphatic carbocycles. The molecule has 3 heterocycles. The lowest BCUT2D eigenvalue weighted by Crippen LogP contribution is -2.55. The molecule has 1 atom stereocenters. The number of H-pyrrole nitrogens is 1. The van der Waals surface area contributed by atoms with Crippen LogP contribution in [0.25, 0.3) is 10.9 Å². The minimum atomic E-state index is -0.950. The van der Waals surface area contributed by atoms with Gasteiger partial charge in [-0.1, -0.05) is 37.5 Å². The third-order valence-corrected chi connectivity index (χ3v) is 7.39. The van der Waals surface area contributed by atoms with E-state index in [1.165, 1.54) is 18.9 Å². The molecule has 3 aromatic heterocycles. The van der Waals surface area contributed by atoms with Crippen LogP contribution in [0.3, 0.4) is 0 Å². The maximum Gasteiger partial charge on any atom is 0.245 e. The van der Waals surface area contributed by atoms with Gasteiger partial charge in [-0.15, -0.1) is 0 Å². The van der Waals surface area contributed by atoms with Crippen LogP contribution in [0.15, 0.2) is 67.5 Å². The second-order valence-corrected chi connectivity index (χ2v) is 10.0. The summed E-state index contributed by atoms with van der Waals surface area (Å²) in [6, 6.07) is 11.7. The van der Waals surface area contributed by atoms with E-state index in [0.717, 1.165) is 47.8 Å². The molecule has 0 aliphatic heterocycles. The lowest BCUT2D eigenvalue weighted by atomic mass is 9.71. The summed E-state index contributed by atoms with van der Waals surface area (Å²) in [5.74, 6) is 0.0506. The molecular formula is C28H32N6O2. The Bertz CT molecular complexity index is 1310. The number of aromatic amines is 1. The van der Waals surface area contributed by atoms with Crippen molar-refractivity contribution in [2.24, 2.45) is 0 Å². The molecule has 0 saturated heterocycles. The second kappa shape index (κ2) is 9.97. The number of anilines is 1. The number of nitrogens with one attached hydrogen (secondary N) is 3. The van der Waals surface area contributed by atoms with Gasteiger partial charge in [0.15, 0.2) is 0 Å². The first-order chi connectivity index (χ1) is 17.5. The van der Waals surface area contributed by atoms with E-state index in [-0.39, 0.29) is 17.1 Å². The third-order valence-electron chi connectivity index (χ3n) is 7.39. The molecule has 1 saturated carbocycles. The van der Waals surface area contributed by atoms with Crippen molar-refractivity contribution in [3.63, 3.8) is 0 Å². The van der Waals surface area contributed by atoms with Gasteiger partial charge in [-0.25, -0.2) is 9.97 Å². The average molecular weight is 485 g/mol. The Kier molecular flexibility index (Phi) is 6.59. The summed E-state index contributed by atoms with van der Waals surface area (Å²) >= 11 is 0. The zero-order valence-electron chi connectivity index (χ0n) is 20.5. The van der Waals surface area contributed by atoms with Crippen molar-refractivity contribution < 1.29 is 9.90 Å². The minimum Gasteiger partial charge on any atom is -0.506 e. The van der Waals surface area contributed by atoms with Crippen LogP contribution in [0.5, 0.6) is 5.75 Å². The van der Waals surface area contributed by atoms with Gasteiger partial charge in [0.1, 0.15) is 17.6 Å². The van der Waals surface area contributed by atoms with Gasteiger partial charge in [0.25, 0.3) is 0 Å². The van der Waals surface area contributed by atoms with Crippen LogP contribution in [0, 0.1) is 0 Å². The van der Waals surface area contributed by atoms with Gasteiger partial charge in [0.05, 0.1) is 24.3 Å². The highest BCUT2D eigenvalue weighted by atomic mass is 16.3. The fourth-order valence-electron chi connectivity index (χ4n) is 5.42. The molecule has 1 fully saturated rings. The Morgan fingerprint density at radius 1 is 1.08 bits per heavy atom. The molecule has 8 heteroatoms. The van der Waals surface area contributed by atoms with E-state index in [1.807, 2.05) is 37.4 Å². The number of benzene rings is 1. The fraction of sp³-hybridized carbons (Fsp3) is 0.357. The number of carbonyl (C=O) groups is 1. The molecule has 4 aromatic rings. The number of hydrogen-bond donors (Lipinski definition) is 4. The van der Waals surface area contributed by atoms with Crippen LogP contribution < -0.4 is 10.6 Å². The Morgan fingerprint density at radius 2 is 1.86 bits per heavy atom. The van der Waals surface area contributed by atoms with Crippen molar-refractivity contribution in [2.45, 2.75) is 56.4 Å². The van der Waals surface area contributed by atoms with Gasteiger partial charge < -0.3 is 20.7 Å². The molecule has 0 bridgehead atoms. The normalized spacial score (nSPS) is 16.8. The highest BCUT2D eigenvalue weighted by Gasteiger charge is 2.39. The summed E-state index contributed by atoms with van der Waals surface area (Å²) in [5, 5.41) is 17.5. The summed E-state index contributed by atoms with van der Waals surface area (Å²) in [6.07, 6.45) is 14.0. The largest absolute Gasteiger partial charge is 0.506 e. The number of fused-ring (bicyclic) bond motifs is 1. The minimum absolute atomic E-state index is 0.0969. The number of rotatable bonds is 8. The maximum absolute atomic E-state index is 13.9.